The summed E-state index contributed by atoms with van der Waals surface area (Å²) < 4.78 is 23.2. The largest absolute Gasteiger partial charge is 0.480 e. The average molecular weight is 205 g/mol. The smallest absolute Gasteiger partial charge is 0.321 e. The second kappa shape index (κ2) is 2.68. The summed E-state index contributed by atoms with van der Waals surface area (Å²) >= 11 is 0. The zero-order valence-electron chi connectivity index (χ0n) is 6.93. The van der Waals surface area contributed by atoms with Gasteiger partial charge in [-0.25, -0.2) is 8.42 Å². The van der Waals surface area contributed by atoms with Crippen molar-refractivity contribution in [1.82, 2.24) is 5.32 Å². The van der Waals surface area contributed by atoms with E-state index in [0.717, 1.165) is 0 Å². The van der Waals surface area contributed by atoms with E-state index in [-0.39, 0.29) is 12.3 Å². The first-order valence-corrected chi connectivity index (χ1v) is 5.80. The average Bonchev–Trinajstić information content (AvgIpc) is 2.52. The Morgan fingerprint density at radius 1 is 1.38 bits per heavy atom. The highest BCUT2D eigenvalue weighted by Crippen LogP contribution is 2.34. The number of aliphatic carboxylic acids is 1. The van der Waals surface area contributed by atoms with Crippen LogP contribution in [0.4, 0.5) is 0 Å². The van der Waals surface area contributed by atoms with Crippen LogP contribution in [0.25, 0.3) is 0 Å². The summed E-state index contributed by atoms with van der Waals surface area (Å²) in [5, 5.41) is 10.0. The van der Waals surface area contributed by atoms with Crippen LogP contribution in [0.2, 0.25) is 0 Å². The van der Waals surface area contributed by atoms with E-state index in [2.05, 4.69) is 5.32 Å². The number of sulfone groups is 1. The van der Waals surface area contributed by atoms with Crippen molar-refractivity contribution in [2.45, 2.75) is 16.9 Å². The lowest BCUT2D eigenvalue weighted by atomic mass is 10.0. The van der Waals surface area contributed by atoms with Crippen LogP contribution in [-0.2, 0) is 14.6 Å². The molecule has 0 bridgehead atoms. The van der Waals surface area contributed by atoms with E-state index in [0.29, 0.717) is 13.1 Å². The molecule has 0 aromatic heterocycles. The summed E-state index contributed by atoms with van der Waals surface area (Å²) in [6.45, 7) is 1.05. The van der Waals surface area contributed by atoms with Crippen LogP contribution >= 0.6 is 0 Å². The Morgan fingerprint density at radius 2 is 2.08 bits per heavy atom. The maximum Gasteiger partial charge on any atom is 0.321 e. The third-order valence-electron chi connectivity index (χ3n) is 2.89. The molecule has 2 aliphatic rings. The van der Waals surface area contributed by atoms with Gasteiger partial charge in [0.15, 0.2) is 15.1 Å². The zero-order chi connectivity index (χ0) is 9.64. The molecule has 0 radical (unpaired) electrons. The first-order chi connectivity index (χ1) is 6.03. The Hall–Kier alpha value is -0.620. The van der Waals surface area contributed by atoms with Gasteiger partial charge in [-0.3, -0.25) is 4.79 Å². The van der Waals surface area contributed by atoms with Crippen molar-refractivity contribution in [1.29, 1.82) is 0 Å². The molecule has 1 unspecified atom stereocenters. The lowest BCUT2D eigenvalue weighted by Gasteiger charge is -2.06. The van der Waals surface area contributed by atoms with Gasteiger partial charge in [-0.15, -0.1) is 0 Å². The molecule has 0 aliphatic carbocycles. The molecule has 0 saturated carbocycles. The van der Waals surface area contributed by atoms with Crippen molar-refractivity contribution in [2.75, 3.05) is 13.1 Å². The third kappa shape index (κ3) is 1.16. The molecule has 5 nitrogen and oxygen atoms in total. The Balaban J connectivity index is 2.34. The molecule has 2 saturated heterocycles. The number of nitrogens with one attached hydrogen (secondary N) is 1. The Labute approximate surface area is 76.0 Å². The maximum atomic E-state index is 11.6. The number of carboxylic acid groups (broad SMARTS) is 1. The van der Waals surface area contributed by atoms with E-state index in [1.165, 1.54) is 0 Å². The minimum Gasteiger partial charge on any atom is -0.480 e. The predicted molar refractivity (Wildman–Crippen MR) is 45.1 cm³/mol. The second-order valence-electron chi connectivity index (χ2n) is 3.61. The topological polar surface area (TPSA) is 83.5 Å². The van der Waals surface area contributed by atoms with Crippen molar-refractivity contribution in [3.05, 3.63) is 0 Å². The van der Waals surface area contributed by atoms with Crippen LogP contribution in [0, 0.1) is 5.92 Å². The van der Waals surface area contributed by atoms with Gasteiger partial charge in [0.05, 0.1) is 5.25 Å². The third-order valence-corrected chi connectivity index (χ3v) is 5.47. The molecule has 13 heavy (non-hydrogen) atoms. The molecule has 2 fully saturated rings. The fraction of sp³-hybridized carbons (Fsp3) is 0.857. The van der Waals surface area contributed by atoms with Crippen LogP contribution in [0.5, 0.6) is 0 Å². The number of hydrogen-bond donors (Lipinski definition) is 2. The first-order valence-electron chi connectivity index (χ1n) is 4.19. The van der Waals surface area contributed by atoms with Gasteiger partial charge in [0.2, 0.25) is 0 Å². The molecule has 0 aromatic rings. The molecule has 2 heterocycles. The second-order valence-corrected chi connectivity index (χ2v) is 5.96. The van der Waals surface area contributed by atoms with Gasteiger partial charge in [-0.05, 0) is 18.9 Å². The summed E-state index contributed by atoms with van der Waals surface area (Å²) in [5.74, 6) is -1.19. The quantitative estimate of drug-likeness (QED) is 0.564. The first kappa shape index (κ1) is 8.96. The fourth-order valence-corrected chi connectivity index (χ4v) is 4.50. The Bertz CT molecular complexity index is 336. The fourth-order valence-electron chi connectivity index (χ4n) is 2.19. The van der Waals surface area contributed by atoms with E-state index in [1.54, 1.807) is 0 Å². The Kier molecular flexibility index (Phi) is 1.85. The zero-order valence-corrected chi connectivity index (χ0v) is 7.75. The van der Waals surface area contributed by atoms with Crippen LogP contribution in [0.15, 0.2) is 0 Å². The van der Waals surface area contributed by atoms with Crippen LogP contribution in [0.3, 0.4) is 0 Å². The van der Waals surface area contributed by atoms with Crippen molar-refractivity contribution < 1.29 is 18.3 Å². The highest BCUT2D eigenvalue weighted by atomic mass is 32.2. The minimum absolute atomic E-state index is 0.00565. The van der Waals surface area contributed by atoms with Gasteiger partial charge in [-0.2, -0.15) is 0 Å². The lowest BCUT2D eigenvalue weighted by molar-refractivity contribution is -0.136. The van der Waals surface area contributed by atoms with E-state index >= 15 is 0 Å². The van der Waals surface area contributed by atoms with Gasteiger partial charge in [0, 0.05) is 6.54 Å². The van der Waals surface area contributed by atoms with Crippen LogP contribution < -0.4 is 5.32 Å². The van der Waals surface area contributed by atoms with Gasteiger partial charge < -0.3 is 10.4 Å². The van der Waals surface area contributed by atoms with Gasteiger partial charge in [0.1, 0.15) is 0 Å². The number of fused-ring (bicyclic) bond motifs is 1. The van der Waals surface area contributed by atoms with E-state index in [4.69, 9.17) is 5.11 Å². The molecular formula is C7H11NO4S. The van der Waals surface area contributed by atoms with E-state index in [1.807, 2.05) is 0 Å². The van der Waals surface area contributed by atoms with Crippen molar-refractivity contribution in [3.63, 3.8) is 0 Å². The molecular weight excluding hydrogens is 194 g/mol. The summed E-state index contributed by atoms with van der Waals surface area (Å²) in [5.41, 5.74) is 0. The van der Waals surface area contributed by atoms with E-state index in [9.17, 15) is 13.2 Å². The normalized spacial score (nSPS) is 41.7. The van der Waals surface area contributed by atoms with E-state index < -0.39 is 26.3 Å². The molecule has 3 atom stereocenters. The monoisotopic (exact) mass is 205 g/mol. The number of carboxylic acids is 1. The summed E-state index contributed by atoms with van der Waals surface area (Å²) in [4.78, 5) is 10.6. The minimum atomic E-state index is -3.43. The van der Waals surface area contributed by atoms with Crippen LogP contribution in [0.1, 0.15) is 6.42 Å². The highest BCUT2D eigenvalue weighted by molar-refractivity contribution is 7.93. The molecule has 6 heteroatoms. The maximum absolute atomic E-state index is 11.6. The molecule has 0 amide bonds. The molecule has 2 N–H and O–H groups in total. The van der Waals surface area contributed by atoms with Gasteiger partial charge in [0.25, 0.3) is 0 Å². The lowest BCUT2D eigenvalue weighted by Crippen LogP contribution is -2.32. The van der Waals surface area contributed by atoms with Gasteiger partial charge >= 0.3 is 5.97 Å². The SMILES string of the molecule is O=C(O)C1C[C@H]2CNC[C@H]2S1(=O)=O. The number of carbonyl (C=O) groups is 1. The summed E-state index contributed by atoms with van der Waals surface area (Å²) in [6.07, 6.45) is 0.273. The van der Waals surface area contributed by atoms with Crippen molar-refractivity contribution >= 4 is 15.8 Å². The number of rotatable bonds is 1. The highest BCUT2D eigenvalue weighted by Gasteiger charge is 2.52. The Morgan fingerprint density at radius 3 is 2.62 bits per heavy atom. The molecule has 0 spiro atoms. The predicted octanol–water partition coefficient (Wildman–Crippen LogP) is -1.15. The van der Waals surface area contributed by atoms with Crippen molar-refractivity contribution in [3.8, 4) is 0 Å². The molecule has 2 aliphatic heterocycles. The summed E-state index contributed by atoms with van der Waals surface area (Å²) in [7, 11) is -3.43. The molecule has 0 aromatic carbocycles. The van der Waals surface area contributed by atoms with Crippen molar-refractivity contribution in [2.24, 2.45) is 5.92 Å². The summed E-state index contributed by atoms with van der Waals surface area (Å²) in [6, 6.07) is 0. The number of hydrogen-bond acceptors (Lipinski definition) is 4. The molecule has 2 rings (SSSR count). The standard InChI is InChI=1S/C7H11NO4S/c9-7(10)5-1-4-2-8-3-6(4)13(5,11)12/h4-6,8H,1-3H2,(H,9,10)/t4-,5?,6+/m0/s1. The molecule has 74 valence electrons. The van der Waals surface area contributed by atoms with Gasteiger partial charge in [-0.1, -0.05) is 0 Å². The van der Waals surface area contributed by atoms with Crippen LogP contribution in [-0.4, -0.2) is 43.1 Å².